The fourth-order valence-corrected chi connectivity index (χ4v) is 1.32. The van der Waals surface area contributed by atoms with Gasteiger partial charge in [0.15, 0.2) is 11.5 Å². The number of nitrogens with two attached hydrogens (primary N) is 1. The predicted octanol–water partition coefficient (Wildman–Crippen LogP) is 1.45. The van der Waals surface area contributed by atoms with Gasteiger partial charge in [0.2, 0.25) is 0 Å². The van der Waals surface area contributed by atoms with Crippen LogP contribution in [0.3, 0.4) is 0 Å². The van der Waals surface area contributed by atoms with Gasteiger partial charge in [0.1, 0.15) is 0 Å². The second-order valence-electron chi connectivity index (χ2n) is 3.03. The minimum Gasteiger partial charge on any atom is -0.490 e. The smallest absolute Gasteiger partial charge is 0.161 e. The summed E-state index contributed by atoms with van der Waals surface area (Å²) < 4.78 is 10.9. The molecule has 0 unspecified atom stereocenters. The number of rotatable bonds is 6. The SMILES string of the molecule is CCOc1ccc(CNN)cc1OCC. The molecule has 0 heterocycles. The zero-order valence-corrected chi connectivity index (χ0v) is 9.25. The van der Waals surface area contributed by atoms with Crippen molar-refractivity contribution in [2.75, 3.05) is 13.2 Å². The third-order valence-corrected chi connectivity index (χ3v) is 1.91. The quantitative estimate of drug-likeness (QED) is 0.551. The first-order valence-electron chi connectivity index (χ1n) is 5.13. The van der Waals surface area contributed by atoms with Gasteiger partial charge in [-0.1, -0.05) is 6.07 Å². The largest absolute Gasteiger partial charge is 0.490 e. The first-order chi connectivity index (χ1) is 7.31. The summed E-state index contributed by atoms with van der Waals surface area (Å²) in [6, 6.07) is 5.81. The van der Waals surface area contributed by atoms with Crippen LogP contribution < -0.4 is 20.7 Å². The van der Waals surface area contributed by atoms with E-state index in [2.05, 4.69) is 5.43 Å². The minimum atomic E-state index is 0.618. The van der Waals surface area contributed by atoms with E-state index in [1.165, 1.54) is 0 Å². The van der Waals surface area contributed by atoms with Gasteiger partial charge in [-0.25, -0.2) is 0 Å². The zero-order chi connectivity index (χ0) is 11.1. The molecule has 3 N–H and O–H groups in total. The summed E-state index contributed by atoms with van der Waals surface area (Å²) in [5.41, 5.74) is 3.68. The van der Waals surface area contributed by atoms with Crippen LogP contribution in [0.25, 0.3) is 0 Å². The highest BCUT2D eigenvalue weighted by Gasteiger charge is 2.05. The summed E-state index contributed by atoms with van der Waals surface area (Å²) in [7, 11) is 0. The molecule has 84 valence electrons. The van der Waals surface area contributed by atoms with Crippen LogP contribution >= 0.6 is 0 Å². The number of hydrogen-bond acceptors (Lipinski definition) is 4. The molecule has 1 aromatic carbocycles. The molecule has 4 heteroatoms. The van der Waals surface area contributed by atoms with Gasteiger partial charge >= 0.3 is 0 Å². The Hall–Kier alpha value is -1.26. The Morgan fingerprint density at radius 2 is 1.80 bits per heavy atom. The molecule has 4 nitrogen and oxygen atoms in total. The number of hydrogen-bond donors (Lipinski definition) is 2. The molecule has 0 aliphatic heterocycles. The third kappa shape index (κ3) is 3.42. The van der Waals surface area contributed by atoms with Crippen LogP contribution in [0.5, 0.6) is 11.5 Å². The highest BCUT2D eigenvalue weighted by molar-refractivity contribution is 5.43. The van der Waals surface area contributed by atoms with E-state index in [0.29, 0.717) is 19.8 Å². The molecule has 1 aromatic rings. The summed E-state index contributed by atoms with van der Waals surface area (Å²) >= 11 is 0. The van der Waals surface area contributed by atoms with E-state index in [-0.39, 0.29) is 0 Å². The second kappa shape index (κ2) is 6.27. The standard InChI is InChI=1S/C11H18N2O2/c1-3-14-10-6-5-9(8-13-12)7-11(10)15-4-2/h5-7,13H,3-4,8,12H2,1-2H3. The van der Waals surface area contributed by atoms with Gasteiger partial charge in [-0.05, 0) is 31.5 Å². The van der Waals surface area contributed by atoms with Gasteiger partial charge < -0.3 is 9.47 Å². The van der Waals surface area contributed by atoms with E-state index in [0.717, 1.165) is 17.1 Å². The molecule has 0 spiro atoms. The first-order valence-corrected chi connectivity index (χ1v) is 5.13. The van der Waals surface area contributed by atoms with Crippen molar-refractivity contribution in [3.63, 3.8) is 0 Å². The monoisotopic (exact) mass is 210 g/mol. The summed E-state index contributed by atoms with van der Waals surface area (Å²) in [5.74, 6) is 6.81. The Morgan fingerprint density at radius 3 is 2.40 bits per heavy atom. The van der Waals surface area contributed by atoms with Crippen molar-refractivity contribution in [1.82, 2.24) is 5.43 Å². The molecule has 0 saturated carbocycles. The lowest BCUT2D eigenvalue weighted by Crippen LogP contribution is -2.20. The number of ether oxygens (including phenoxy) is 2. The van der Waals surface area contributed by atoms with Crippen LogP contribution in [0.1, 0.15) is 19.4 Å². The van der Waals surface area contributed by atoms with Crippen LogP contribution in [0.4, 0.5) is 0 Å². The van der Waals surface area contributed by atoms with E-state index in [1.807, 2.05) is 32.0 Å². The molecule has 0 atom stereocenters. The molecule has 0 aliphatic rings. The van der Waals surface area contributed by atoms with Crippen molar-refractivity contribution in [3.8, 4) is 11.5 Å². The fraction of sp³-hybridized carbons (Fsp3) is 0.455. The predicted molar refractivity (Wildman–Crippen MR) is 59.8 cm³/mol. The molecule has 15 heavy (non-hydrogen) atoms. The maximum Gasteiger partial charge on any atom is 0.161 e. The van der Waals surface area contributed by atoms with Crippen molar-refractivity contribution in [2.24, 2.45) is 5.84 Å². The van der Waals surface area contributed by atoms with Gasteiger partial charge in [-0.3, -0.25) is 11.3 Å². The first kappa shape index (κ1) is 11.8. The Kier molecular flexibility index (Phi) is 4.93. The van der Waals surface area contributed by atoms with E-state index < -0.39 is 0 Å². The summed E-state index contributed by atoms with van der Waals surface area (Å²) in [5, 5.41) is 0. The minimum absolute atomic E-state index is 0.618. The highest BCUT2D eigenvalue weighted by Crippen LogP contribution is 2.28. The fourth-order valence-electron chi connectivity index (χ4n) is 1.32. The molecule has 0 bridgehead atoms. The Bertz CT molecular complexity index is 303. The molecule has 0 amide bonds. The molecule has 0 saturated heterocycles. The second-order valence-corrected chi connectivity index (χ2v) is 3.03. The van der Waals surface area contributed by atoms with Crippen LogP contribution in [0, 0.1) is 0 Å². The molecule has 0 aliphatic carbocycles. The van der Waals surface area contributed by atoms with Crippen LogP contribution in [0.2, 0.25) is 0 Å². The average Bonchev–Trinajstić information content (AvgIpc) is 2.23. The van der Waals surface area contributed by atoms with Crippen molar-refractivity contribution in [1.29, 1.82) is 0 Å². The summed E-state index contributed by atoms with van der Waals surface area (Å²) in [6.07, 6.45) is 0. The van der Waals surface area contributed by atoms with Gasteiger partial charge in [0.05, 0.1) is 13.2 Å². The van der Waals surface area contributed by atoms with Crippen LogP contribution in [-0.2, 0) is 6.54 Å². The number of nitrogens with one attached hydrogen (secondary N) is 1. The number of hydrazine groups is 1. The number of benzene rings is 1. The molecular formula is C11H18N2O2. The Morgan fingerprint density at radius 1 is 1.13 bits per heavy atom. The van der Waals surface area contributed by atoms with E-state index in [1.54, 1.807) is 0 Å². The van der Waals surface area contributed by atoms with Crippen LogP contribution in [0.15, 0.2) is 18.2 Å². The van der Waals surface area contributed by atoms with E-state index in [4.69, 9.17) is 15.3 Å². The van der Waals surface area contributed by atoms with E-state index >= 15 is 0 Å². The van der Waals surface area contributed by atoms with Gasteiger partial charge in [-0.2, -0.15) is 0 Å². The molecule has 0 fully saturated rings. The maximum absolute atomic E-state index is 5.48. The molecular weight excluding hydrogens is 192 g/mol. The lowest BCUT2D eigenvalue weighted by molar-refractivity contribution is 0.287. The zero-order valence-electron chi connectivity index (χ0n) is 9.25. The molecule has 1 rings (SSSR count). The van der Waals surface area contributed by atoms with Gasteiger partial charge in [0.25, 0.3) is 0 Å². The lowest BCUT2D eigenvalue weighted by atomic mass is 10.2. The van der Waals surface area contributed by atoms with Crippen molar-refractivity contribution >= 4 is 0 Å². The van der Waals surface area contributed by atoms with Crippen LogP contribution in [-0.4, -0.2) is 13.2 Å². The lowest BCUT2D eigenvalue weighted by Gasteiger charge is -2.12. The topological polar surface area (TPSA) is 56.5 Å². The maximum atomic E-state index is 5.48. The molecule has 0 radical (unpaired) electrons. The summed E-state index contributed by atoms with van der Waals surface area (Å²) in [4.78, 5) is 0. The van der Waals surface area contributed by atoms with Gasteiger partial charge in [-0.15, -0.1) is 0 Å². The van der Waals surface area contributed by atoms with Gasteiger partial charge in [0, 0.05) is 6.54 Å². The molecule has 0 aromatic heterocycles. The Balaban J connectivity index is 2.87. The average molecular weight is 210 g/mol. The summed E-state index contributed by atoms with van der Waals surface area (Å²) in [6.45, 7) is 5.77. The highest BCUT2D eigenvalue weighted by atomic mass is 16.5. The third-order valence-electron chi connectivity index (χ3n) is 1.91. The van der Waals surface area contributed by atoms with E-state index in [9.17, 15) is 0 Å². The van der Waals surface area contributed by atoms with Crippen molar-refractivity contribution < 1.29 is 9.47 Å². The van der Waals surface area contributed by atoms with Crippen molar-refractivity contribution in [2.45, 2.75) is 20.4 Å². The van der Waals surface area contributed by atoms with Crippen molar-refractivity contribution in [3.05, 3.63) is 23.8 Å². The Labute approximate surface area is 90.3 Å². The normalized spacial score (nSPS) is 10.1.